The minimum absolute atomic E-state index is 0.580. The van der Waals surface area contributed by atoms with Gasteiger partial charge in [-0.05, 0) is 47.0 Å². The summed E-state index contributed by atoms with van der Waals surface area (Å²) in [6.45, 7) is 4.89. The Bertz CT molecular complexity index is 678. The van der Waals surface area contributed by atoms with Crippen molar-refractivity contribution in [2.75, 3.05) is 17.2 Å². The van der Waals surface area contributed by atoms with Crippen LogP contribution in [0.3, 0.4) is 0 Å². The lowest BCUT2D eigenvalue weighted by Gasteiger charge is -2.12. The first kappa shape index (κ1) is 15.3. The van der Waals surface area contributed by atoms with Crippen molar-refractivity contribution in [1.29, 1.82) is 5.26 Å². The normalized spacial score (nSPS) is 10.0. The maximum absolute atomic E-state index is 8.99. The van der Waals surface area contributed by atoms with Crippen LogP contribution in [-0.4, -0.2) is 16.5 Å². The molecular formula is C15H16BrN5. The Labute approximate surface area is 132 Å². The fourth-order valence-corrected chi connectivity index (χ4v) is 2.02. The van der Waals surface area contributed by atoms with E-state index in [1.807, 2.05) is 19.1 Å². The highest BCUT2D eigenvalue weighted by molar-refractivity contribution is 9.10. The highest BCUT2D eigenvalue weighted by Gasteiger charge is 2.07. The molecule has 0 saturated heterocycles. The van der Waals surface area contributed by atoms with Gasteiger partial charge in [0.2, 0.25) is 5.95 Å². The van der Waals surface area contributed by atoms with E-state index < -0.39 is 0 Å². The van der Waals surface area contributed by atoms with E-state index in [0.29, 0.717) is 17.3 Å². The van der Waals surface area contributed by atoms with Crippen molar-refractivity contribution < 1.29 is 0 Å². The maximum Gasteiger partial charge on any atom is 0.224 e. The third kappa shape index (κ3) is 3.92. The average Bonchev–Trinajstić information content (AvgIpc) is 2.50. The lowest BCUT2D eigenvalue weighted by Crippen LogP contribution is -2.06. The summed E-state index contributed by atoms with van der Waals surface area (Å²) in [6, 6.07) is 7.65. The summed E-state index contributed by atoms with van der Waals surface area (Å²) in [6.07, 6.45) is 2.71. The smallest absolute Gasteiger partial charge is 0.224 e. The van der Waals surface area contributed by atoms with Crippen LogP contribution in [0.1, 0.15) is 24.5 Å². The number of aromatic nitrogens is 2. The van der Waals surface area contributed by atoms with Gasteiger partial charge in [-0.3, -0.25) is 0 Å². The molecule has 2 N–H and O–H groups in total. The number of aryl methyl sites for hydroxylation is 1. The third-order valence-electron chi connectivity index (χ3n) is 2.90. The molecule has 2 rings (SSSR count). The SMILES string of the molecule is CCCNc1ncc(Br)c(Nc2cc(C#N)ccc2C)n1. The Morgan fingerprint density at radius 2 is 2.19 bits per heavy atom. The van der Waals surface area contributed by atoms with Crippen molar-refractivity contribution >= 4 is 33.4 Å². The van der Waals surface area contributed by atoms with Gasteiger partial charge >= 0.3 is 0 Å². The highest BCUT2D eigenvalue weighted by atomic mass is 79.9. The lowest BCUT2D eigenvalue weighted by atomic mass is 10.1. The summed E-state index contributed by atoms with van der Waals surface area (Å²) < 4.78 is 0.770. The molecule has 1 aromatic carbocycles. The molecule has 2 aromatic rings. The predicted octanol–water partition coefficient (Wildman–Crippen LogP) is 3.98. The first-order valence-corrected chi connectivity index (χ1v) is 7.47. The minimum Gasteiger partial charge on any atom is -0.354 e. The molecule has 0 fully saturated rings. The molecule has 0 aliphatic heterocycles. The van der Waals surface area contributed by atoms with Crippen LogP contribution < -0.4 is 10.6 Å². The van der Waals surface area contributed by atoms with Crippen molar-refractivity contribution in [1.82, 2.24) is 9.97 Å². The first-order chi connectivity index (χ1) is 10.1. The third-order valence-corrected chi connectivity index (χ3v) is 3.48. The summed E-state index contributed by atoms with van der Waals surface area (Å²) in [4.78, 5) is 8.65. The van der Waals surface area contributed by atoms with E-state index >= 15 is 0 Å². The van der Waals surface area contributed by atoms with Gasteiger partial charge < -0.3 is 10.6 Å². The number of nitrogens with zero attached hydrogens (tertiary/aromatic N) is 3. The number of hydrogen-bond acceptors (Lipinski definition) is 5. The Hall–Kier alpha value is -2.13. The maximum atomic E-state index is 8.99. The molecule has 1 aromatic heterocycles. The number of benzene rings is 1. The van der Waals surface area contributed by atoms with E-state index in [4.69, 9.17) is 5.26 Å². The van der Waals surface area contributed by atoms with E-state index in [9.17, 15) is 0 Å². The summed E-state index contributed by atoms with van der Waals surface area (Å²) in [5.74, 6) is 1.25. The topological polar surface area (TPSA) is 73.6 Å². The largest absolute Gasteiger partial charge is 0.354 e. The Balaban J connectivity index is 2.28. The van der Waals surface area contributed by atoms with Gasteiger partial charge in [-0.15, -0.1) is 0 Å². The lowest BCUT2D eigenvalue weighted by molar-refractivity contribution is 0.952. The van der Waals surface area contributed by atoms with Gasteiger partial charge in [0, 0.05) is 18.4 Å². The van der Waals surface area contributed by atoms with Crippen LogP contribution in [0.15, 0.2) is 28.9 Å². The van der Waals surface area contributed by atoms with E-state index in [0.717, 1.165) is 28.7 Å². The summed E-state index contributed by atoms with van der Waals surface area (Å²) in [5, 5.41) is 15.4. The second kappa shape index (κ2) is 7.04. The number of rotatable bonds is 5. The zero-order valence-corrected chi connectivity index (χ0v) is 13.5. The van der Waals surface area contributed by atoms with Crippen LogP contribution in [0.25, 0.3) is 0 Å². The van der Waals surface area contributed by atoms with Crippen LogP contribution in [0.4, 0.5) is 17.5 Å². The second-order valence-electron chi connectivity index (χ2n) is 4.58. The molecule has 0 saturated carbocycles. The fourth-order valence-electron chi connectivity index (χ4n) is 1.73. The summed E-state index contributed by atoms with van der Waals surface area (Å²) in [5.41, 5.74) is 2.51. The monoisotopic (exact) mass is 345 g/mol. The van der Waals surface area contributed by atoms with Crippen molar-refractivity contribution in [2.45, 2.75) is 20.3 Å². The Morgan fingerprint density at radius 3 is 2.90 bits per heavy atom. The second-order valence-corrected chi connectivity index (χ2v) is 5.44. The van der Waals surface area contributed by atoms with Crippen LogP contribution in [0, 0.1) is 18.3 Å². The minimum atomic E-state index is 0.580. The molecule has 108 valence electrons. The number of halogens is 1. The van der Waals surface area contributed by atoms with Crippen molar-refractivity contribution in [3.63, 3.8) is 0 Å². The van der Waals surface area contributed by atoms with E-state index in [1.165, 1.54) is 0 Å². The van der Waals surface area contributed by atoms with Gasteiger partial charge in [-0.1, -0.05) is 13.0 Å². The zero-order chi connectivity index (χ0) is 15.2. The van der Waals surface area contributed by atoms with E-state index in [1.54, 1.807) is 12.3 Å². The van der Waals surface area contributed by atoms with Gasteiger partial charge in [0.05, 0.1) is 16.1 Å². The fraction of sp³-hybridized carbons (Fsp3) is 0.267. The van der Waals surface area contributed by atoms with Gasteiger partial charge in [-0.25, -0.2) is 4.98 Å². The zero-order valence-electron chi connectivity index (χ0n) is 11.9. The highest BCUT2D eigenvalue weighted by Crippen LogP contribution is 2.26. The molecular weight excluding hydrogens is 330 g/mol. The number of nitrogens with one attached hydrogen (secondary N) is 2. The first-order valence-electron chi connectivity index (χ1n) is 6.68. The van der Waals surface area contributed by atoms with Crippen LogP contribution in [0.5, 0.6) is 0 Å². The van der Waals surface area contributed by atoms with Gasteiger partial charge in [0.15, 0.2) is 0 Å². The van der Waals surface area contributed by atoms with Crippen LogP contribution >= 0.6 is 15.9 Å². The Morgan fingerprint density at radius 1 is 1.38 bits per heavy atom. The molecule has 21 heavy (non-hydrogen) atoms. The van der Waals surface area contributed by atoms with Crippen molar-refractivity contribution in [3.8, 4) is 6.07 Å². The predicted molar refractivity (Wildman–Crippen MR) is 87.7 cm³/mol. The van der Waals surface area contributed by atoms with Crippen LogP contribution in [-0.2, 0) is 0 Å². The summed E-state index contributed by atoms with van der Waals surface area (Å²) in [7, 11) is 0. The van der Waals surface area contributed by atoms with Crippen LogP contribution in [0.2, 0.25) is 0 Å². The molecule has 6 heteroatoms. The van der Waals surface area contributed by atoms with E-state index in [2.05, 4.69) is 49.5 Å². The molecule has 0 radical (unpaired) electrons. The molecule has 0 unspecified atom stereocenters. The quantitative estimate of drug-likeness (QED) is 0.857. The average molecular weight is 346 g/mol. The van der Waals surface area contributed by atoms with Crippen molar-refractivity contribution in [3.05, 3.63) is 40.0 Å². The van der Waals surface area contributed by atoms with Crippen molar-refractivity contribution in [2.24, 2.45) is 0 Å². The number of anilines is 3. The molecule has 0 bridgehead atoms. The van der Waals surface area contributed by atoms with E-state index in [-0.39, 0.29) is 0 Å². The molecule has 0 atom stereocenters. The summed E-state index contributed by atoms with van der Waals surface area (Å²) >= 11 is 3.44. The molecule has 0 aliphatic rings. The molecule has 1 heterocycles. The van der Waals surface area contributed by atoms with Gasteiger partial charge in [-0.2, -0.15) is 10.2 Å². The molecule has 0 spiro atoms. The molecule has 0 aliphatic carbocycles. The van der Waals surface area contributed by atoms with Gasteiger partial charge in [0.25, 0.3) is 0 Å². The van der Waals surface area contributed by atoms with Gasteiger partial charge in [0.1, 0.15) is 5.82 Å². The number of nitriles is 1. The number of hydrogen-bond donors (Lipinski definition) is 2. The molecule has 5 nitrogen and oxygen atoms in total. The standard InChI is InChI=1S/C15H16BrN5/c1-3-6-18-15-19-9-12(16)14(21-15)20-13-7-11(8-17)5-4-10(13)2/h4-5,7,9H,3,6H2,1-2H3,(H2,18,19,20,21). The molecule has 0 amide bonds. The Kier molecular flexibility index (Phi) is 5.12.